The maximum absolute atomic E-state index is 5.41. The van der Waals surface area contributed by atoms with Gasteiger partial charge in [-0.05, 0) is 25.8 Å². The van der Waals surface area contributed by atoms with Crippen molar-refractivity contribution in [2.24, 2.45) is 5.73 Å². The number of halogens is 1. The first-order valence-corrected chi connectivity index (χ1v) is 6.04. The quantitative estimate of drug-likeness (QED) is 0.629. The molecule has 1 aromatic heterocycles. The van der Waals surface area contributed by atoms with Gasteiger partial charge in [0.25, 0.3) is 0 Å². The van der Waals surface area contributed by atoms with Crippen molar-refractivity contribution in [1.82, 2.24) is 15.0 Å². The highest BCUT2D eigenvalue weighted by atomic mass is 127. The summed E-state index contributed by atoms with van der Waals surface area (Å²) in [6, 6.07) is 0. The van der Waals surface area contributed by atoms with E-state index >= 15 is 0 Å². The fourth-order valence-electron chi connectivity index (χ4n) is 1.07. The van der Waals surface area contributed by atoms with Gasteiger partial charge in [-0.25, -0.2) is 0 Å². The second-order valence-electron chi connectivity index (χ2n) is 2.91. The number of rotatable bonds is 6. The van der Waals surface area contributed by atoms with Crippen LogP contribution in [0.1, 0.15) is 18.5 Å². The van der Waals surface area contributed by atoms with Crippen LogP contribution in [-0.4, -0.2) is 26.0 Å². The molecule has 0 amide bonds. The van der Waals surface area contributed by atoms with Crippen molar-refractivity contribution >= 4 is 22.6 Å². The molecule has 0 aliphatic heterocycles. The third kappa shape index (κ3) is 4.04. The topological polar surface area (TPSA) is 56.7 Å². The predicted octanol–water partition coefficient (Wildman–Crippen LogP) is 0.994. The molecule has 0 bridgehead atoms. The van der Waals surface area contributed by atoms with Crippen molar-refractivity contribution < 1.29 is 0 Å². The van der Waals surface area contributed by atoms with Crippen LogP contribution in [0.25, 0.3) is 0 Å². The van der Waals surface area contributed by atoms with Gasteiger partial charge in [0.2, 0.25) is 0 Å². The molecule has 0 atom stereocenters. The van der Waals surface area contributed by atoms with Gasteiger partial charge in [-0.2, -0.15) is 0 Å². The van der Waals surface area contributed by atoms with Crippen LogP contribution in [0.3, 0.4) is 0 Å². The van der Waals surface area contributed by atoms with Gasteiger partial charge in [0.05, 0.1) is 5.69 Å². The lowest BCUT2D eigenvalue weighted by Crippen LogP contribution is -2.00. The lowest BCUT2D eigenvalue weighted by Gasteiger charge is -1.95. The molecule has 0 spiro atoms. The molecule has 0 aliphatic carbocycles. The molecule has 0 radical (unpaired) electrons. The molecule has 1 aromatic rings. The summed E-state index contributed by atoms with van der Waals surface area (Å²) in [5, 5.41) is 8.09. The van der Waals surface area contributed by atoms with Gasteiger partial charge in [-0.15, -0.1) is 5.10 Å². The summed E-state index contributed by atoms with van der Waals surface area (Å²) in [5.41, 5.74) is 6.46. The van der Waals surface area contributed by atoms with Gasteiger partial charge in [-0.1, -0.05) is 27.8 Å². The number of alkyl halides is 1. The molecule has 4 nitrogen and oxygen atoms in total. The van der Waals surface area contributed by atoms with E-state index in [1.54, 1.807) is 0 Å². The average Bonchev–Trinajstić information content (AvgIpc) is 2.59. The second kappa shape index (κ2) is 6.31. The minimum atomic E-state index is 0.723. The van der Waals surface area contributed by atoms with Crippen molar-refractivity contribution in [2.75, 3.05) is 11.0 Å². The van der Waals surface area contributed by atoms with Crippen LogP contribution in [0.2, 0.25) is 0 Å². The summed E-state index contributed by atoms with van der Waals surface area (Å²) in [6.45, 7) is 1.69. The number of hydrogen-bond donors (Lipinski definition) is 1. The first-order chi connectivity index (χ1) is 6.36. The van der Waals surface area contributed by atoms with Crippen molar-refractivity contribution in [3.8, 4) is 0 Å². The van der Waals surface area contributed by atoms with E-state index in [0.717, 1.165) is 42.5 Å². The summed E-state index contributed by atoms with van der Waals surface area (Å²) in [6.07, 6.45) is 5.11. The highest BCUT2D eigenvalue weighted by Gasteiger charge is 1.98. The monoisotopic (exact) mass is 294 g/mol. The van der Waals surface area contributed by atoms with Gasteiger partial charge < -0.3 is 5.73 Å². The van der Waals surface area contributed by atoms with Gasteiger partial charge in [-0.3, -0.25) is 4.68 Å². The third-order valence-corrected chi connectivity index (χ3v) is 2.51. The Morgan fingerprint density at radius 1 is 1.46 bits per heavy atom. The average molecular weight is 294 g/mol. The molecule has 0 aliphatic rings. The molecule has 1 rings (SSSR count). The maximum atomic E-state index is 5.41. The molecule has 1 heterocycles. The van der Waals surface area contributed by atoms with Crippen LogP contribution in [-0.2, 0) is 13.0 Å². The lowest BCUT2D eigenvalue weighted by atomic mass is 10.2. The van der Waals surface area contributed by atoms with Crippen LogP contribution < -0.4 is 5.73 Å². The number of nitrogens with zero attached hydrogens (tertiary/aromatic N) is 3. The van der Waals surface area contributed by atoms with E-state index in [1.165, 1.54) is 0 Å². The van der Waals surface area contributed by atoms with Crippen molar-refractivity contribution in [3.63, 3.8) is 0 Å². The van der Waals surface area contributed by atoms with Gasteiger partial charge >= 0.3 is 0 Å². The number of aryl methyl sites for hydroxylation is 2. The molecule has 0 saturated heterocycles. The Bertz CT molecular complexity index is 213. The van der Waals surface area contributed by atoms with Crippen LogP contribution in [0.4, 0.5) is 0 Å². The summed E-state index contributed by atoms with van der Waals surface area (Å²) >= 11 is 2.37. The Morgan fingerprint density at radius 3 is 3.00 bits per heavy atom. The number of hydrogen-bond acceptors (Lipinski definition) is 3. The standard InChI is InChI=1S/C8H15IN4/c9-4-2-6-13-7-8(11-12-13)3-1-5-10/h7H,1-6,10H2. The molecular weight excluding hydrogens is 279 g/mol. The molecule has 13 heavy (non-hydrogen) atoms. The van der Waals surface area contributed by atoms with Crippen LogP contribution in [0, 0.1) is 0 Å². The molecule has 0 unspecified atom stereocenters. The minimum Gasteiger partial charge on any atom is -0.330 e. The SMILES string of the molecule is NCCCc1cn(CCCI)nn1. The van der Waals surface area contributed by atoms with Gasteiger partial charge in [0, 0.05) is 17.2 Å². The first kappa shape index (κ1) is 10.9. The van der Waals surface area contributed by atoms with E-state index in [2.05, 4.69) is 32.9 Å². The van der Waals surface area contributed by atoms with E-state index in [-0.39, 0.29) is 0 Å². The Morgan fingerprint density at radius 2 is 2.31 bits per heavy atom. The summed E-state index contributed by atoms with van der Waals surface area (Å²) in [7, 11) is 0. The normalized spacial score (nSPS) is 10.6. The Balaban J connectivity index is 2.34. The third-order valence-electron chi connectivity index (χ3n) is 1.74. The van der Waals surface area contributed by atoms with E-state index in [0.29, 0.717) is 0 Å². The van der Waals surface area contributed by atoms with Gasteiger partial charge in [0.1, 0.15) is 0 Å². The van der Waals surface area contributed by atoms with Crippen LogP contribution in [0.5, 0.6) is 0 Å². The summed E-state index contributed by atoms with van der Waals surface area (Å²) < 4.78 is 3.07. The Labute approximate surface area is 92.0 Å². The highest BCUT2D eigenvalue weighted by molar-refractivity contribution is 14.1. The Kier molecular flexibility index (Phi) is 5.29. The minimum absolute atomic E-state index is 0.723. The van der Waals surface area contributed by atoms with Crippen LogP contribution >= 0.6 is 22.6 Å². The van der Waals surface area contributed by atoms with E-state index in [1.807, 2.05) is 10.9 Å². The van der Waals surface area contributed by atoms with Crippen LogP contribution in [0.15, 0.2) is 6.20 Å². The summed E-state index contributed by atoms with van der Waals surface area (Å²) in [5.74, 6) is 0. The van der Waals surface area contributed by atoms with Crippen molar-refractivity contribution in [1.29, 1.82) is 0 Å². The fraction of sp³-hybridized carbons (Fsp3) is 0.750. The molecule has 5 heteroatoms. The fourth-order valence-corrected chi connectivity index (χ4v) is 1.41. The maximum Gasteiger partial charge on any atom is 0.0827 e. The molecule has 0 fully saturated rings. The number of aromatic nitrogens is 3. The van der Waals surface area contributed by atoms with Crippen molar-refractivity contribution in [3.05, 3.63) is 11.9 Å². The van der Waals surface area contributed by atoms with E-state index in [4.69, 9.17) is 5.73 Å². The molecular formula is C8H15IN4. The second-order valence-corrected chi connectivity index (χ2v) is 3.99. The van der Waals surface area contributed by atoms with Gasteiger partial charge in [0.15, 0.2) is 0 Å². The zero-order valence-corrected chi connectivity index (χ0v) is 9.77. The first-order valence-electron chi connectivity index (χ1n) is 4.52. The smallest absolute Gasteiger partial charge is 0.0827 e. The van der Waals surface area contributed by atoms with E-state index in [9.17, 15) is 0 Å². The zero-order chi connectivity index (χ0) is 9.52. The Hall–Kier alpha value is -0.170. The molecule has 74 valence electrons. The molecule has 2 N–H and O–H groups in total. The zero-order valence-electron chi connectivity index (χ0n) is 7.62. The predicted molar refractivity (Wildman–Crippen MR) is 60.9 cm³/mol. The number of nitrogens with two attached hydrogens (primary N) is 1. The van der Waals surface area contributed by atoms with E-state index < -0.39 is 0 Å². The summed E-state index contributed by atoms with van der Waals surface area (Å²) in [4.78, 5) is 0. The molecule has 0 saturated carbocycles. The highest BCUT2D eigenvalue weighted by Crippen LogP contribution is 1.99. The van der Waals surface area contributed by atoms with Crippen molar-refractivity contribution in [2.45, 2.75) is 25.8 Å². The largest absolute Gasteiger partial charge is 0.330 e. The molecule has 0 aromatic carbocycles. The lowest BCUT2D eigenvalue weighted by molar-refractivity contribution is 0.584.